The molecule has 3 rings (SSSR count). The molecule has 1 aromatic carbocycles. The largest absolute Gasteiger partial charge is 0.334 e. The van der Waals surface area contributed by atoms with E-state index in [2.05, 4.69) is 10.5 Å². The number of hydrogen-bond donors (Lipinski definition) is 1. The van der Waals surface area contributed by atoms with Gasteiger partial charge in [0.15, 0.2) is 0 Å². The van der Waals surface area contributed by atoms with Crippen molar-refractivity contribution < 1.29 is 9.59 Å². The second kappa shape index (κ2) is 8.15. The summed E-state index contributed by atoms with van der Waals surface area (Å²) in [5.74, 6) is -1.26. The molecule has 0 atom stereocenters. The van der Waals surface area contributed by atoms with Gasteiger partial charge in [-0.2, -0.15) is 5.10 Å². The van der Waals surface area contributed by atoms with Crippen LogP contribution in [0.15, 0.2) is 29.4 Å². The van der Waals surface area contributed by atoms with Crippen molar-refractivity contribution in [2.45, 2.75) is 26.7 Å². The number of amides is 2. The highest BCUT2D eigenvalue weighted by atomic mass is 35.5. The molecule has 1 aliphatic rings. The van der Waals surface area contributed by atoms with Crippen LogP contribution in [0.25, 0.3) is 5.69 Å². The van der Waals surface area contributed by atoms with Crippen molar-refractivity contribution in [3.8, 4) is 5.69 Å². The first-order valence-electron chi connectivity index (χ1n) is 8.65. The summed E-state index contributed by atoms with van der Waals surface area (Å²) in [6.45, 7) is 5.11. The highest BCUT2D eigenvalue weighted by Gasteiger charge is 2.24. The topological polar surface area (TPSA) is 66.7 Å². The van der Waals surface area contributed by atoms with E-state index in [1.165, 1.54) is 11.1 Å². The first kappa shape index (κ1) is 19.5. The first-order chi connectivity index (χ1) is 12.9. The minimum Gasteiger partial charge on any atom is -0.334 e. The van der Waals surface area contributed by atoms with E-state index in [-0.39, 0.29) is 0 Å². The Balaban J connectivity index is 1.76. The molecule has 1 N–H and O–H groups in total. The van der Waals surface area contributed by atoms with Crippen LogP contribution < -0.4 is 5.43 Å². The fourth-order valence-electron chi connectivity index (χ4n) is 3.22. The Kier molecular flexibility index (Phi) is 5.87. The summed E-state index contributed by atoms with van der Waals surface area (Å²) in [4.78, 5) is 25.4. The van der Waals surface area contributed by atoms with Gasteiger partial charge < -0.3 is 9.47 Å². The van der Waals surface area contributed by atoms with Gasteiger partial charge >= 0.3 is 11.8 Å². The molecule has 1 aromatic heterocycles. The lowest BCUT2D eigenvalue weighted by Crippen LogP contribution is -2.39. The standard InChI is InChI=1S/C19H20Cl2N4O2/c1-12-9-14(11-22-23-18(26)19(27)24-7-3-4-8-24)13(2)25(12)17-10-15(20)5-6-16(17)21/h5-6,9-11H,3-4,7-8H2,1-2H3,(H,23,26)/b22-11-. The normalized spacial score (nSPS) is 14.1. The van der Waals surface area contributed by atoms with Crippen molar-refractivity contribution in [2.75, 3.05) is 13.1 Å². The molecular formula is C19H20Cl2N4O2. The molecule has 142 valence electrons. The number of hydrogen-bond acceptors (Lipinski definition) is 3. The molecule has 1 aliphatic heterocycles. The molecule has 0 aliphatic carbocycles. The minimum atomic E-state index is -0.722. The Hall–Kier alpha value is -2.31. The Morgan fingerprint density at radius 1 is 1.15 bits per heavy atom. The number of aromatic nitrogens is 1. The van der Waals surface area contributed by atoms with Crippen molar-refractivity contribution in [1.29, 1.82) is 0 Å². The predicted molar refractivity (Wildman–Crippen MR) is 107 cm³/mol. The lowest BCUT2D eigenvalue weighted by molar-refractivity contribution is -0.145. The van der Waals surface area contributed by atoms with Gasteiger partial charge in [0, 0.05) is 35.1 Å². The molecule has 6 nitrogen and oxygen atoms in total. The third-order valence-corrected chi connectivity index (χ3v) is 5.13. The molecule has 1 fully saturated rings. The predicted octanol–water partition coefficient (Wildman–Crippen LogP) is 3.47. The quantitative estimate of drug-likeness (QED) is 0.481. The molecular weight excluding hydrogens is 387 g/mol. The van der Waals surface area contributed by atoms with Crippen LogP contribution >= 0.6 is 23.2 Å². The Morgan fingerprint density at radius 3 is 2.56 bits per heavy atom. The summed E-state index contributed by atoms with van der Waals surface area (Å²) >= 11 is 12.4. The average Bonchev–Trinajstić information content (AvgIpc) is 3.26. The monoisotopic (exact) mass is 406 g/mol. The van der Waals surface area contributed by atoms with Gasteiger partial charge in [0.25, 0.3) is 0 Å². The Morgan fingerprint density at radius 2 is 1.85 bits per heavy atom. The van der Waals surface area contributed by atoms with Crippen molar-refractivity contribution in [1.82, 2.24) is 14.9 Å². The molecule has 0 unspecified atom stereocenters. The van der Waals surface area contributed by atoms with E-state index >= 15 is 0 Å². The van der Waals surface area contributed by atoms with Crippen molar-refractivity contribution in [2.24, 2.45) is 5.10 Å². The molecule has 0 bridgehead atoms. The summed E-state index contributed by atoms with van der Waals surface area (Å²) in [7, 11) is 0. The molecule has 2 heterocycles. The van der Waals surface area contributed by atoms with Crippen molar-refractivity contribution >= 4 is 41.2 Å². The second-order valence-corrected chi connectivity index (χ2v) is 7.30. The van der Waals surface area contributed by atoms with Crippen LogP contribution in [0.3, 0.4) is 0 Å². The van der Waals surface area contributed by atoms with Crippen LogP contribution in [-0.2, 0) is 9.59 Å². The van der Waals surface area contributed by atoms with Crippen molar-refractivity contribution in [3.05, 3.63) is 51.3 Å². The zero-order chi connectivity index (χ0) is 19.6. The fraction of sp³-hybridized carbons (Fsp3) is 0.316. The van der Waals surface area contributed by atoms with Crippen LogP contribution in [-0.4, -0.2) is 40.6 Å². The highest BCUT2D eigenvalue weighted by molar-refractivity contribution is 6.35. The van der Waals surface area contributed by atoms with Gasteiger partial charge in [-0.05, 0) is 51.0 Å². The number of halogens is 2. The van der Waals surface area contributed by atoms with Crippen LogP contribution in [0.2, 0.25) is 10.0 Å². The molecule has 2 aromatic rings. The van der Waals surface area contributed by atoms with E-state index in [9.17, 15) is 9.59 Å². The van der Waals surface area contributed by atoms with Gasteiger partial charge in [0.2, 0.25) is 0 Å². The van der Waals surface area contributed by atoms with Gasteiger partial charge in [0.05, 0.1) is 16.9 Å². The average molecular weight is 407 g/mol. The summed E-state index contributed by atoms with van der Waals surface area (Å²) in [5.41, 5.74) is 5.71. The van der Waals surface area contributed by atoms with Gasteiger partial charge in [-0.1, -0.05) is 23.2 Å². The van der Waals surface area contributed by atoms with Crippen molar-refractivity contribution in [3.63, 3.8) is 0 Å². The van der Waals surface area contributed by atoms with E-state index in [1.54, 1.807) is 18.2 Å². The molecule has 0 saturated carbocycles. The Labute approximate surface area is 167 Å². The minimum absolute atomic E-state index is 0.541. The maximum atomic E-state index is 12.0. The van der Waals surface area contributed by atoms with E-state index in [4.69, 9.17) is 23.2 Å². The maximum absolute atomic E-state index is 12.0. The molecule has 27 heavy (non-hydrogen) atoms. The number of likely N-dealkylation sites (tertiary alicyclic amines) is 1. The first-order valence-corrected chi connectivity index (χ1v) is 9.40. The third kappa shape index (κ3) is 4.17. The third-order valence-electron chi connectivity index (χ3n) is 4.58. The van der Waals surface area contributed by atoms with Gasteiger partial charge in [-0.15, -0.1) is 0 Å². The van der Waals surface area contributed by atoms with Crippen LogP contribution in [0.1, 0.15) is 29.8 Å². The second-order valence-electron chi connectivity index (χ2n) is 6.46. The van der Waals surface area contributed by atoms with Crippen LogP contribution in [0.5, 0.6) is 0 Å². The molecule has 8 heteroatoms. The number of rotatable bonds is 3. The number of aryl methyl sites for hydroxylation is 1. The van der Waals surface area contributed by atoms with E-state index < -0.39 is 11.8 Å². The van der Waals surface area contributed by atoms with Gasteiger partial charge in [-0.3, -0.25) is 9.59 Å². The number of hydrazone groups is 1. The summed E-state index contributed by atoms with van der Waals surface area (Å²) in [5, 5.41) is 5.10. The van der Waals surface area contributed by atoms with Crippen LogP contribution in [0, 0.1) is 13.8 Å². The summed E-state index contributed by atoms with van der Waals surface area (Å²) in [6.07, 6.45) is 3.38. The smallest absolute Gasteiger partial charge is 0.329 e. The summed E-state index contributed by atoms with van der Waals surface area (Å²) < 4.78 is 1.97. The SMILES string of the molecule is Cc1cc(/C=N\NC(=O)C(=O)N2CCCC2)c(C)n1-c1cc(Cl)ccc1Cl. The zero-order valence-corrected chi connectivity index (χ0v) is 16.6. The van der Waals surface area contributed by atoms with E-state index in [0.29, 0.717) is 23.1 Å². The maximum Gasteiger partial charge on any atom is 0.329 e. The number of benzene rings is 1. The Bertz CT molecular complexity index is 915. The highest BCUT2D eigenvalue weighted by Crippen LogP contribution is 2.28. The zero-order valence-electron chi connectivity index (χ0n) is 15.1. The lowest BCUT2D eigenvalue weighted by Gasteiger charge is -2.13. The van der Waals surface area contributed by atoms with E-state index in [0.717, 1.165) is 35.5 Å². The molecule has 0 spiro atoms. The van der Waals surface area contributed by atoms with Gasteiger partial charge in [0.1, 0.15) is 0 Å². The lowest BCUT2D eigenvalue weighted by atomic mass is 10.2. The van der Waals surface area contributed by atoms with E-state index in [1.807, 2.05) is 24.5 Å². The summed E-state index contributed by atoms with van der Waals surface area (Å²) in [6, 6.07) is 7.19. The molecule has 1 saturated heterocycles. The van der Waals surface area contributed by atoms with Gasteiger partial charge in [-0.25, -0.2) is 5.43 Å². The van der Waals surface area contributed by atoms with Crippen LogP contribution in [0.4, 0.5) is 0 Å². The fourth-order valence-corrected chi connectivity index (χ4v) is 3.59. The number of nitrogens with zero attached hydrogens (tertiary/aromatic N) is 3. The molecule has 0 radical (unpaired) electrons. The molecule has 2 amide bonds. The number of carbonyl (C=O) groups excluding carboxylic acids is 2. The number of nitrogens with one attached hydrogen (secondary N) is 1. The number of carbonyl (C=O) groups is 2.